The summed E-state index contributed by atoms with van der Waals surface area (Å²) in [6.45, 7) is 2.27. The van der Waals surface area contributed by atoms with E-state index in [1.807, 2.05) is 0 Å². The van der Waals surface area contributed by atoms with E-state index in [1.165, 1.54) is 83.5 Å². The predicted octanol–water partition coefficient (Wildman–Crippen LogP) is 5.53. The number of hydrogen-bond acceptors (Lipinski definition) is 2. The van der Waals surface area contributed by atoms with Crippen LogP contribution in [-0.2, 0) is 0 Å². The van der Waals surface area contributed by atoms with Gasteiger partial charge in [0.1, 0.15) is 0 Å². The van der Waals surface area contributed by atoms with Gasteiger partial charge >= 0.3 is 0 Å². The Kier molecular flexibility index (Phi) is 10.4. The molecule has 0 aromatic rings. The highest BCUT2D eigenvalue weighted by molar-refractivity contribution is 4.92. The summed E-state index contributed by atoms with van der Waals surface area (Å²) in [5.74, 6) is 0. The van der Waals surface area contributed by atoms with E-state index >= 15 is 0 Å². The van der Waals surface area contributed by atoms with Crippen LogP contribution in [0.3, 0.4) is 0 Å². The number of unbranched alkanes of at least 4 members (excludes halogenated alkanes) is 7. The minimum atomic E-state index is -0.0967. The van der Waals surface area contributed by atoms with E-state index < -0.39 is 0 Å². The molecule has 1 aliphatic carbocycles. The number of aliphatic hydroxyl groups excluding tert-OH is 1. The van der Waals surface area contributed by atoms with Crippen LogP contribution >= 0.6 is 0 Å². The zero-order chi connectivity index (χ0) is 16.3. The predicted molar refractivity (Wildman–Crippen MR) is 97.4 cm³/mol. The van der Waals surface area contributed by atoms with E-state index in [9.17, 15) is 5.11 Å². The molecule has 132 valence electrons. The van der Waals surface area contributed by atoms with Crippen LogP contribution in [0.25, 0.3) is 0 Å². The molecule has 0 aliphatic heterocycles. The molecule has 1 unspecified atom stereocenters. The van der Waals surface area contributed by atoms with Crippen LogP contribution in [0.1, 0.15) is 103 Å². The second-order valence-electron chi connectivity index (χ2n) is 7.80. The van der Waals surface area contributed by atoms with Crippen molar-refractivity contribution in [1.82, 2.24) is 4.90 Å². The number of nitrogens with zero attached hydrogens (tertiary/aromatic N) is 1. The van der Waals surface area contributed by atoms with Crippen LogP contribution in [0.4, 0.5) is 0 Å². The molecule has 1 fully saturated rings. The quantitative estimate of drug-likeness (QED) is 0.479. The fourth-order valence-electron chi connectivity index (χ4n) is 4.10. The van der Waals surface area contributed by atoms with E-state index in [2.05, 4.69) is 25.9 Å². The molecular formula is C20H41NO. The minimum absolute atomic E-state index is 0.0967. The molecule has 2 heteroatoms. The van der Waals surface area contributed by atoms with Crippen molar-refractivity contribution < 1.29 is 5.11 Å². The number of aliphatic hydroxyl groups is 1. The highest BCUT2D eigenvalue weighted by Gasteiger charge is 2.35. The molecule has 0 spiro atoms. The van der Waals surface area contributed by atoms with Gasteiger partial charge in [0.2, 0.25) is 0 Å². The third-order valence-electron chi connectivity index (χ3n) is 5.74. The van der Waals surface area contributed by atoms with Gasteiger partial charge in [-0.15, -0.1) is 0 Å². The maximum absolute atomic E-state index is 10.5. The first-order chi connectivity index (χ1) is 10.6. The molecule has 1 aliphatic rings. The van der Waals surface area contributed by atoms with Crippen molar-refractivity contribution in [3.05, 3.63) is 0 Å². The Bertz CT molecular complexity index is 258. The van der Waals surface area contributed by atoms with Gasteiger partial charge in [0.15, 0.2) is 0 Å². The van der Waals surface area contributed by atoms with Crippen LogP contribution in [-0.4, -0.2) is 35.7 Å². The summed E-state index contributed by atoms with van der Waals surface area (Å²) in [6.07, 6.45) is 19.3. The highest BCUT2D eigenvalue weighted by atomic mass is 16.3. The van der Waals surface area contributed by atoms with Crippen molar-refractivity contribution in [2.24, 2.45) is 0 Å². The normalized spacial score (nSPS) is 19.5. The van der Waals surface area contributed by atoms with Gasteiger partial charge in [-0.1, -0.05) is 77.6 Å². The molecule has 0 bridgehead atoms. The second kappa shape index (κ2) is 11.5. The summed E-state index contributed by atoms with van der Waals surface area (Å²) < 4.78 is 0. The molecule has 0 amide bonds. The largest absolute Gasteiger partial charge is 0.393 e. The minimum Gasteiger partial charge on any atom is -0.393 e. The molecule has 0 radical (unpaired) electrons. The molecule has 0 aromatic heterocycles. The molecule has 1 rings (SSSR count). The Hall–Kier alpha value is -0.0800. The third kappa shape index (κ3) is 7.46. The molecule has 1 N–H and O–H groups in total. The van der Waals surface area contributed by atoms with Gasteiger partial charge in [-0.2, -0.15) is 0 Å². The topological polar surface area (TPSA) is 23.5 Å². The zero-order valence-corrected chi connectivity index (χ0v) is 15.6. The van der Waals surface area contributed by atoms with Crippen molar-refractivity contribution in [1.29, 1.82) is 0 Å². The number of hydrogen-bond donors (Lipinski definition) is 1. The first-order valence-corrected chi connectivity index (χ1v) is 9.96. The summed E-state index contributed by atoms with van der Waals surface area (Å²) in [5, 5.41) is 10.5. The van der Waals surface area contributed by atoms with Gasteiger partial charge in [0.05, 0.1) is 6.10 Å². The molecule has 1 atom stereocenters. The fourth-order valence-corrected chi connectivity index (χ4v) is 4.10. The number of rotatable bonds is 12. The van der Waals surface area contributed by atoms with E-state index in [0.29, 0.717) is 0 Å². The molecule has 0 saturated heterocycles. The Morgan fingerprint density at radius 3 is 1.95 bits per heavy atom. The van der Waals surface area contributed by atoms with Crippen LogP contribution in [0.2, 0.25) is 0 Å². The van der Waals surface area contributed by atoms with E-state index in [0.717, 1.165) is 12.8 Å². The smallest absolute Gasteiger partial charge is 0.0557 e. The van der Waals surface area contributed by atoms with Crippen molar-refractivity contribution in [2.75, 3.05) is 14.1 Å². The van der Waals surface area contributed by atoms with Gasteiger partial charge in [-0.05, 0) is 39.8 Å². The first-order valence-electron chi connectivity index (χ1n) is 9.96. The van der Waals surface area contributed by atoms with Crippen molar-refractivity contribution in [3.63, 3.8) is 0 Å². The summed E-state index contributed by atoms with van der Waals surface area (Å²) in [4.78, 5) is 2.39. The SMILES string of the molecule is CCCCCCCCCCC(O)CC1(N(C)C)CCCCC1. The third-order valence-corrected chi connectivity index (χ3v) is 5.74. The summed E-state index contributed by atoms with van der Waals surface area (Å²) in [6, 6.07) is 0. The fraction of sp³-hybridized carbons (Fsp3) is 1.00. The molecule has 2 nitrogen and oxygen atoms in total. The lowest BCUT2D eigenvalue weighted by atomic mass is 9.76. The zero-order valence-electron chi connectivity index (χ0n) is 15.6. The van der Waals surface area contributed by atoms with Gasteiger partial charge in [-0.25, -0.2) is 0 Å². The molecule has 22 heavy (non-hydrogen) atoms. The van der Waals surface area contributed by atoms with Gasteiger partial charge < -0.3 is 10.0 Å². The average molecular weight is 312 g/mol. The lowest BCUT2D eigenvalue weighted by Gasteiger charge is -2.44. The maximum atomic E-state index is 10.5. The van der Waals surface area contributed by atoms with Gasteiger partial charge in [0, 0.05) is 5.54 Å². The average Bonchev–Trinajstić information content (AvgIpc) is 2.50. The maximum Gasteiger partial charge on any atom is 0.0557 e. The highest BCUT2D eigenvalue weighted by Crippen LogP contribution is 2.36. The van der Waals surface area contributed by atoms with E-state index in [4.69, 9.17) is 0 Å². The summed E-state index contributed by atoms with van der Waals surface area (Å²) in [7, 11) is 4.41. The lowest BCUT2D eigenvalue weighted by molar-refractivity contribution is 0.0290. The van der Waals surface area contributed by atoms with E-state index in [-0.39, 0.29) is 11.6 Å². The molecule has 1 saturated carbocycles. The van der Waals surface area contributed by atoms with Crippen molar-refractivity contribution in [2.45, 2.75) is 115 Å². The first kappa shape index (κ1) is 20.0. The van der Waals surface area contributed by atoms with Crippen LogP contribution in [0.5, 0.6) is 0 Å². The van der Waals surface area contributed by atoms with Gasteiger partial charge in [-0.3, -0.25) is 0 Å². The Balaban J connectivity index is 2.12. The standard InChI is InChI=1S/C20H41NO/c1-4-5-6-7-8-9-10-12-15-19(22)18-20(21(2)3)16-13-11-14-17-20/h19,22H,4-18H2,1-3H3. The van der Waals surface area contributed by atoms with Gasteiger partial charge in [0.25, 0.3) is 0 Å². The molecular weight excluding hydrogens is 270 g/mol. The van der Waals surface area contributed by atoms with Crippen LogP contribution in [0, 0.1) is 0 Å². The molecule has 0 heterocycles. The van der Waals surface area contributed by atoms with Crippen LogP contribution in [0.15, 0.2) is 0 Å². The lowest BCUT2D eigenvalue weighted by Crippen LogP contribution is -2.48. The summed E-state index contributed by atoms with van der Waals surface area (Å²) in [5.41, 5.74) is 0.276. The van der Waals surface area contributed by atoms with Crippen LogP contribution < -0.4 is 0 Å². The monoisotopic (exact) mass is 311 g/mol. The van der Waals surface area contributed by atoms with Crippen molar-refractivity contribution >= 4 is 0 Å². The van der Waals surface area contributed by atoms with E-state index in [1.54, 1.807) is 0 Å². The Morgan fingerprint density at radius 1 is 0.864 bits per heavy atom. The Labute approximate surface area is 139 Å². The van der Waals surface area contributed by atoms with Crippen molar-refractivity contribution in [3.8, 4) is 0 Å². The summed E-state index contributed by atoms with van der Waals surface area (Å²) >= 11 is 0. The second-order valence-corrected chi connectivity index (χ2v) is 7.80. The molecule has 0 aromatic carbocycles. The Morgan fingerprint density at radius 2 is 1.41 bits per heavy atom.